The molecule has 34 heavy (non-hydrogen) atoms. The first kappa shape index (κ1) is 24.1. The van der Waals surface area contributed by atoms with Gasteiger partial charge in [-0.1, -0.05) is 32.0 Å². The summed E-state index contributed by atoms with van der Waals surface area (Å²) in [5.74, 6) is -0.482. The fraction of sp³-hybridized carbons (Fsp3) is 0.360. The van der Waals surface area contributed by atoms with Crippen LogP contribution >= 0.6 is 0 Å². The average Bonchev–Trinajstić information content (AvgIpc) is 3.37. The van der Waals surface area contributed by atoms with Gasteiger partial charge in [0.05, 0.1) is 16.9 Å². The highest BCUT2D eigenvalue weighted by Crippen LogP contribution is 2.25. The average molecular weight is 485 g/mol. The van der Waals surface area contributed by atoms with Crippen molar-refractivity contribution >= 4 is 15.9 Å². The van der Waals surface area contributed by atoms with Crippen LogP contribution in [0.25, 0.3) is 5.69 Å². The molecule has 0 saturated carbocycles. The first-order chi connectivity index (χ1) is 16.3. The van der Waals surface area contributed by atoms with E-state index in [9.17, 15) is 17.6 Å². The van der Waals surface area contributed by atoms with E-state index >= 15 is 0 Å². The number of carbonyl (C=O) groups is 1. The van der Waals surface area contributed by atoms with E-state index < -0.39 is 15.8 Å². The van der Waals surface area contributed by atoms with E-state index in [0.717, 1.165) is 5.56 Å². The Morgan fingerprint density at radius 2 is 1.85 bits per heavy atom. The molecule has 1 aliphatic heterocycles. The Morgan fingerprint density at radius 3 is 2.44 bits per heavy atom. The van der Waals surface area contributed by atoms with Crippen LogP contribution in [0.2, 0.25) is 0 Å². The third-order valence-electron chi connectivity index (χ3n) is 6.27. The highest BCUT2D eigenvalue weighted by Gasteiger charge is 2.32. The number of carbonyl (C=O) groups excluding carboxylic acids is 1. The normalized spacial score (nSPS) is 15.5. The summed E-state index contributed by atoms with van der Waals surface area (Å²) in [6, 6.07) is 11.8. The van der Waals surface area contributed by atoms with Crippen LogP contribution in [0.1, 0.15) is 43.7 Å². The molecule has 1 N–H and O–H groups in total. The second-order valence-corrected chi connectivity index (χ2v) is 10.8. The molecule has 1 saturated heterocycles. The Hall–Kier alpha value is -3.04. The fourth-order valence-electron chi connectivity index (χ4n) is 4.14. The Balaban J connectivity index is 1.31. The van der Waals surface area contributed by atoms with Gasteiger partial charge in [0.15, 0.2) is 0 Å². The van der Waals surface area contributed by atoms with E-state index in [1.165, 1.54) is 16.7 Å². The quantitative estimate of drug-likeness (QED) is 0.552. The predicted molar refractivity (Wildman–Crippen MR) is 127 cm³/mol. The predicted octanol–water partition coefficient (Wildman–Crippen LogP) is 3.85. The standard InChI is InChI=1S/C25H29FN4O3S/c1-18(2)20-4-6-22(7-5-20)34(32,33)30-12-9-21(10-13-30)25(31)28-16-19-3-8-24(23(26)15-19)29-14-11-27-17-29/h3-8,11,14-15,17-18,21H,9-10,12-13,16H2,1-2H3,(H,28,31). The van der Waals surface area contributed by atoms with Crippen LogP contribution in [0, 0.1) is 11.7 Å². The van der Waals surface area contributed by atoms with Crippen LogP contribution in [-0.4, -0.2) is 41.3 Å². The lowest BCUT2D eigenvalue weighted by molar-refractivity contribution is -0.126. The molecule has 2 heterocycles. The maximum Gasteiger partial charge on any atom is 0.243 e. The van der Waals surface area contributed by atoms with Crippen molar-refractivity contribution in [3.8, 4) is 5.69 Å². The Morgan fingerprint density at radius 1 is 1.15 bits per heavy atom. The zero-order valence-electron chi connectivity index (χ0n) is 19.3. The summed E-state index contributed by atoms with van der Waals surface area (Å²) in [5, 5.41) is 2.86. The molecule has 9 heteroatoms. The topological polar surface area (TPSA) is 84.3 Å². The zero-order chi connectivity index (χ0) is 24.3. The first-order valence-electron chi connectivity index (χ1n) is 11.4. The smallest absolute Gasteiger partial charge is 0.243 e. The van der Waals surface area contributed by atoms with Crippen LogP contribution in [0.5, 0.6) is 0 Å². The minimum absolute atomic E-state index is 0.141. The number of aromatic nitrogens is 2. The third kappa shape index (κ3) is 5.20. The van der Waals surface area contributed by atoms with Crippen LogP contribution in [0.4, 0.5) is 4.39 Å². The fourth-order valence-corrected chi connectivity index (χ4v) is 5.61. The van der Waals surface area contributed by atoms with E-state index in [0.29, 0.717) is 43.1 Å². The van der Waals surface area contributed by atoms with Crippen LogP contribution < -0.4 is 5.32 Å². The molecular formula is C25H29FN4O3S. The van der Waals surface area contributed by atoms with Crippen molar-refractivity contribution in [3.05, 3.63) is 78.1 Å². The van der Waals surface area contributed by atoms with Gasteiger partial charge in [-0.25, -0.2) is 17.8 Å². The van der Waals surface area contributed by atoms with Gasteiger partial charge in [0.25, 0.3) is 0 Å². The van der Waals surface area contributed by atoms with Crippen molar-refractivity contribution in [2.45, 2.75) is 44.0 Å². The van der Waals surface area contributed by atoms with E-state index in [-0.39, 0.29) is 23.3 Å². The molecule has 7 nitrogen and oxygen atoms in total. The largest absolute Gasteiger partial charge is 0.352 e. The van der Waals surface area contributed by atoms with Crippen molar-refractivity contribution in [1.29, 1.82) is 0 Å². The van der Waals surface area contributed by atoms with Gasteiger partial charge in [0.2, 0.25) is 15.9 Å². The van der Waals surface area contributed by atoms with Gasteiger partial charge in [-0.3, -0.25) is 4.79 Å². The monoisotopic (exact) mass is 484 g/mol. The van der Waals surface area contributed by atoms with Gasteiger partial charge < -0.3 is 9.88 Å². The number of nitrogens with zero attached hydrogens (tertiary/aromatic N) is 3. The molecule has 4 rings (SSSR count). The van der Waals surface area contributed by atoms with Crippen LogP contribution in [0.3, 0.4) is 0 Å². The number of halogens is 1. The lowest BCUT2D eigenvalue weighted by atomic mass is 9.97. The number of imidazole rings is 1. The van der Waals surface area contributed by atoms with Gasteiger partial charge in [0, 0.05) is 37.9 Å². The molecular weight excluding hydrogens is 455 g/mol. The summed E-state index contributed by atoms with van der Waals surface area (Å²) in [5.41, 5.74) is 2.13. The Bertz CT molecular complexity index is 1230. The molecule has 180 valence electrons. The minimum Gasteiger partial charge on any atom is -0.352 e. The molecule has 0 spiro atoms. The van der Waals surface area contributed by atoms with Gasteiger partial charge in [-0.2, -0.15) is 4.31 Å². The summed E-state index contributed by atoms with van der Waals surface area (Å²) < 4.78 is 43.4. The van der Waals surface area contributed by atoms with Gasteiger partial charge in [-0.05, 0) is 54.2 Å². The van der Waals surface area contributed by atoms with Gasteiger partial charge in [-0.15, -0.1) is 0 Å². The zero-order valence-corrected chi connectivity index (χ0v) is 20.1. The van der Waals surface area contributed by atoms with Crippen molar-refractivity contribution in [3.63, 3.8) is 0 Å². The molecule has 2 aromatic carbocycles. The number of hydrogen-bond donors (Lipinski definition) is 1. The number of amides is 1. The second kappa shape index (κ2) is 10.1. The van der Waals surface area contributed by atoms with Crippen LogP contribution in [0.15, 0.2) is 66.1 Å². The summed E-state index contributed by atoms with van der Waals surface area (Å²) >= 11 is 0. The minimum atomic E-state index is -3.58. The first-order valence-corrected chi connectivity index (χ1v) is 12.8. The van der Waals surface area contributed by atoms with Crippen LogP contribution in [-0.2, 0) is 21.4 Å². The van der Waals surface area contributed by atoms with Crippen molar-refractivity contribution in [2.75, 3.05) is 13.1 Å². The summed E-state index contributed by atoms with van der Waals surface area (Å²) in [7, 11) is -3.58. The number of benzene rings is 2. The molecule has 0 bridgehead atoms. The van der Waals surface area contributed by atoms with Gasteiger partial charge in [0.1, 0.15) is 5.82 Å². The van der Waals surface area contributed by atoms with E-state index in [4.69, 9.17) is 0 Å². The third-order valence-corrected chi connectivity index (χ3v) is 8.18. The van der Waals surface area contributed by atoms with Gasteiger partial charge >= 0.3 is 0 Å². The summed E-state index contributed by atoms with van der Waals surface area (Å²) in [6.45, 7) is 4.92. The molecule has 1 fully saturated rings. The maximum absolute atomic E-state index is 14.4. The number of rotatable bonds is 7. The molecule has 0 aliphatic carbocycles. The van der Waals surface area contributed by atoms with E-state index in [1.54, 1.807) is 41.2 Å². The number of hydrogen-bond acceptors (Lipinski definition) is 4. The molecule has 0 radical (unpaired) electrons. The Labute approximate surface area is 199 Å². The number of sulfonamides is 1. The Kier molecular flexibility index (Phi) is 7.13. The summed E-state index contributed by atoms with van der Waals surface area (Å²) in [4.78, 5) is 16.8. The molecule has 1 aromatic heterocycles. The molecule has 1 amide bonds. The molecule has 0 unspecified atom stereocenters. The molecule has 0 atom stereocenters. The van der Waals surface area contributed by atoms with E-state index in [1.807, 2.05) is 12.1 Å². The highest BCUT2D eigenvalue weighted by atomic mass is 32.2. The molecule has 3 aromatic rings. The molecule has 1 aliphatic rings. The van der Waals surface area contributed by atoms with E-state index in [2.05, 4.69) is 24.1 Å². The second-order valence-electron chi connectivity index (χ2n) is 8.88. The van der Waals surface area contributed by atoms with Crippen molar-refractivity contribution in [1.82, 2.24) is 19.2 Å². The van der Waals surface area contributed by atoms with Crippen molar-refractivity contribution in [2.24, 2.45) is 5.92 Å². The maximum atomic E-state index is 14.4. The lowest BCUT2D eigenvalue weighted by Gasteiger charge is -2.30. The highest BCUT2D eigenvalue weighted by molar-refractivity contribution is 7.89. The SMILES string of the molecule is CC(C)c1ccc(S(=O)(=O)N2CCC(C(=O)NCc3ccc(-n4ccnc4)c(F)c3)CC2)cc1. The summed E-state index contributed by atoms with van der Waals surface area (Å²) in [6.07, 6.45) is 5.65. The number of piperidine rings is 1. The van der Waals surface area contributed by atoms with Crippen molar-refractivity contribution < 1.29 is 17.6 Å². The lowest BCUT2D eigenvalue weighted by Crippen LogP contribution is -2.42. The number of nitrogens with one attached hydrogen (secondary N) is 1.